The van der Waals surface area contributed by atoms with Gasteiger partial charge in [0.05, 0.1) is 6.61 Å². The van der Waals surface area contributed by atoms with Gasteiger partial charge in [-0.15, -0.1) is 0 Å². The highest BCUT2D eigenvalue weighted by atomic mass is 16.6. The van der Waals surface area contributed by atoms with Crippen molar-refractivity contribution in [2.75, 3.05) is 19.8 Å². The molecule has 0 bridgehead atoms. The number of ether oxygens (including phenoxy) is 1. The number of hydrogen-bond acceptors (Lipinski definition) is 3. The van der Waals surface area contributed by atoms with Crippen LogP contribution in [0.1, 0.15) is 18.4 Å². The highest BCUT2D eigenvalue weighted by molar-refractivity contribution is 5.68. The van der Waals surface area contributed by atoms with Crippen LogP contribution in [-0.2, 0) is 11.2 Å². The van der Waals surface area contributed by atoms with Crippen LogP contribution in [0.25, 0.3) is 0 Å². The number of rotatable bonds is 4. The molecule has 4 nitrogen and oxygen atoms in total. The van der Waals surface area contributed by atoms with Crippen LogP contribution in [0, 0.1) is 0 Å². The van der Waals surface area contributed by atoms with E-state index in [0.717, 1.165) is 25.8 Å². The smallest absolute Gasteiger partial charge is 0.410 e. The van der Waals surface area contributed by atoms with Gasteiger partial charge in [-0.2, -0.15) is 0 Å². The average molecular weight is 249 g/mol. The number of amides is 1. The van der Waals surface area contributed by atoms with Crippen LogP contribution in [0.5, 0.6) is 0 Å². The highest BCUT2D eigenvalue weighted by Gasteiger charge is 2.29. The molecule has 18 heavy (non-hydrogen) atoms. The fourth-order valence-corrected chi connectivity index (χ4v) is 2.39. The minimum absolute atomic E-state index is 0.0768. The van der Waals surface area contributed by atoms with Gasteiger partial charge in [-0.1, -0.05) is 30.3 Å². The monoisotopic (exact) mass is 249 g/mol. The fourth-order valence-electron chi connectivity index (χ4n) is 2.39. The molecule has 1 aliphatic heterocycles. The first kappa shape index (κ1) is 12.9. The molecule has 0 radical (unpaired) electrons. The molecule has 98 valence electrons. The second kappa shape index (κ2) is 6.40. The molecule has 2 rings (SSSR count). The molecule has 1 unspecified atom stereocenters. The lowest BCUT2D eigenvalue weighted by atomic mass is 10.0. The summed E-state index contributed by atoms with van der Waals surface area (Å²) in [6.07, 6.45) is 2.60. The first-order valence-electron chi connectivity index (χ1n) is 6.39. The molecule has 1 fully saturated rings. The van der Waals surface area contributed by atoms with Crippen molar-refractivity contribution in [1.82, 2.24) is 4.90 Å². The lowest BCUT2D eigenvalue weighted by Crippen LogP contribution is -2.37. The number of nitrogens with zero attached hydrogens (tertiary/aromatic N) is 1. The Morgan fingerprint density at radius 3 is 2.89 bits per heavy atom. The number of carbonyl (C=O) groups excluding carboxylic acids is 1. The molecule has 1 atom stereocenters. The fraction of sp³-hybridized carbons (Fsp3) is 0.500. The topological polar surface area (TPSA) is 49.8 Å². The molecule has 1 heterocycles. The second-order valence-electron chi connectivity index (χ2n) is 4.52. The summed E-state index contributed by atoms with van der Waals surface area (Å²) in [5.41, 5.74) is 1.24. The lowest BCUT2D eigenvalue weighted by molar-refractivity contribution is 0.0808. The van der Waals surface area contributed by atoms with Gasteiger partial charge in [0.2, 0.25) is 0 Å². The SMILES string of the molecule is O=C(OCCO)N1CCCC1Cc1ccccc1. The van der Waals surface area contributed by atoms with Crippen LogP contribution in [0.3, 0.4) is 0 Å². The van der Waals surface area contributed by atoms with E-state index in [1.54, 1.807) is 4.90 Å². The maximum atomic E-state index is 11.8. The summed E-state index contributed by atoms with van der Waals surface area (Å²) < 4.78 is 4.98. The van der Waals surface area contributed by atoms with Gasteiger partial charge in [0.1, 0.15) is 6.61 Å². The molecule has 0 saturated carbocycles. The van der Waals surface area contributed by atoms with Gasteiger partial charge in [-0.05, 0) is 24.8 Å². The van der Waals surface area contributed by atoms with Gasteiger partial charge >= 0.3 is 6.09 Å². The second-order valence-corrected chi connectivity index (χ2v) is 4.52. The van der Waals surface area contributed by atoms with Crippen molar-refractivity contribution in [2.45, 2.75) is 25.3 Å². The first-order chi connectivity index (χ1) is 8.81. The van der Waals surface area contributed by atoms with E-state index in [2.05, 4.69) is 12.1 Å². The number of carbonyl (C=O) groups is 1. The third-order valence-corrected chi connectivity index (χ3v) is 3.24. The Morgan fingerprint density at radius 1 is 1.39 bits per heavy atom. The third-order valence-electron chi connectivity index (χ3n) is 3.24. The van der Waals surface area contributed by atoms with Gasteiger partial charge in [-0.25, -0.2) is 4.79 Å². The van der Waals surface area contributed by atoms with Crippen LogP contribution in [0.4, 0.5) is 4.79 Å². The Labute approximate surface area is 107 Å². The van der Waals surface area contributed by atoms with Crippen LogP contribution in [0.2, 0.25) is 0 Å². The summed E-state index contributed by atoms with van der Waals surface area (Å²) in [7, 11) is 0. The Kier molecular flexibility index (Phi) is 4.59. The molecule has 1 N–H and O–H groups in total. The number of hydrogen-bond donors (Lipinski definition) is 1. The predicted molar refractivity (Wildman–Crippen MR) is 68.3 cm³/mol. The Hall–Kier alpha value is -1.55. The molecule has 1 saturated heterocycles. The molecule has 1 aromatic carbocycles. The van der Waals surface area contributed by atoms with E-state index in [9.17, 15) is 4.79 Å². The normalized spacial score (nSPS) is 18.9. The summed E-state index contributed by atoms with van der Waals surface area (Å²) >= 11 is 0. The number of aliphatic hydroxyl groups is 1. The molecular weight excluding hydrogens is 230 g/mol. The molecule has 0 aliphatic carbocycles. The third kappa shape index (κ3) is 3.23. The van der Waals surface area contributed by atoms with E-state index in [1.165, 1.54) is 5.56 Å². The molecule has 0 spiro atoms. The highest BCUT2D eigenvalue weighted by Crippen LogP contribution is 2.21. The summed E-state index contributed by atoms with van der Waals surface area (Å²) in [4.78, 5) is 13.6. The summed E-state index contributed by atoms with van der Waals surface area (Å²) in [6, 6.07) is 10.4. The average Bonchev–Trinajstić information content (AvgIpc) is 2.85. The van der Waals surface area contributed by atoms with Gasteiger partial charge in [0, 0.05) is 12.6 Å². The predicted octanol–water partition coefficient (Wildman–Crippen LogP) is 1.82. The van der Waals surface area contributed by atoms with E-state index in [4.69, 9.17) is 9.84 Å². The van der Waals surface area contributed by atoms with E-state index in [-0.39, 0.29) is 25.3 Å². The first-order valence-corrected chi connectivity index (χ1v) is 6.39. The van der Waals surface area contributed by atoms with Crippen molar-refractivity contribution in [3.8, 4) is 0 Å². The zero-order valence-corrected chi connectivity index (χ0v) is 10.4. The molecule has 1 aliphatic rings. The minimum Gasteiger partial charge on any atom is -0.447 e. The van der Waals surface area contributed by atoms with Crippen molar-refractivity contribution < 1.29 is 14.6 Å². The van der Waals surface area contributed by atoms with Gasteiger partial charge in [0.25, 0.3) is 0 Å². The quantitative estimate of drug-likeness (QED) is 0.885. The largest absolute Gasteiger partial charge is 0.447 e. The molecule has 4 heteroatoms. The van der Waals surface area contributed by atoms with Crippen molar-refractivity contribution in [3.05, 3.63) is 35.9 Å². The number of likely N-dealkylation sites (tertiary alicyclic amines) is 1. The molecule has 0 aromatic heterocycles. The maximum Gasteiger partial charge on any atom is 0.410 e. The maximum absolute atomic E-state index is 11.8. The van der Waals surface area contributed by atoms with Crippen molar-refractivity contribution in [1.29, 1.82) is 0 Å². The van der Waals surface area contributed by atoms with Crippen LogP contribution >= 0.6 is 0 Å². The van der Waals surface area contributed by atoms with Crippen molar-refractivity contribution in [3.63, 3.8) is 0 Å². The lowest BCUT2D eigenvalue weighted by Gasteiger charge is -2.24. The summed E-state index contributed by atoms with van der Waals surface area (Å²) in [5.74, 6) is 0. The summed E-state index contributed by atoms with van der Waals surface area (Å²) in [5, 5.41) is 8.66. The Balaban J connectivity index is 1.93. The van der Waals surface area contributed by atoms with Crippen LogP contribution in [0.15, 0.2) is 30.3 Å². The van der Waals surface area contributed by atoms with Crippen LogP contribution < -0.4 is 0 Å². The van der Waals surface area contributed by atoms with E-state index < -0.39 is 0 Å². The minimum atomic E-state index is -0.303. The molecule has 1 amide bonds. The van der Waals surface area contributed by atoms with E-state index in [1.807, 2.05) is 18.2 Å². The van der Waals surface area contributed by atoms with Gasteiger partial charge < -0.3 is 14.7 Å². The summed E-state index contributed by atoms with van der Waals surface area (Å²) in [6.45, 7) is 0.706. The Morgan fingerprint density at radius 2 is 2.17 bits per heavy atom. The Bertz CT molecular complexity index is 380. The zero-order valence-electron chi connectivity index (χ0n) is 10.4. The van der Waals surface area contributed by atoms with Gasteiger partial charge in [0.15, 0.2) is 0 Å². The van der Waals surface area contributed by atoms with E-state index in [0.29, 0.717) is 0 Å². The van der Waals surface area contributed by atoms with Crippen molar-refractivity contribution >= 4 is 6.09 Å². The molecular formula is C14H19NO3. The molecule has 1 aromatic rings. The van der Waals surface area contributed by atoms with Gasteiger partial charge in [-0.3, -0.25) is 0 Å². The standard InChI is InChI=1S/C14H19NO3/c16-9-10-18-14(17)15-8-4-7-13(15)11-12-5-2-1-3-6-12/h1-3,5-6,13,16H,4,7-11H2. The number of benzene rings is 1. The van der Waals surface area contributed by atoms with Crippen molar-refractivity contribution in [2.24, 2.45) is 0 Å². The number of aliphatic hydroxyl groups excluding tert-OH is 1. The zero-order chi connectivity index (χ0) is 12.8. The van der Waals surface area contributed by atoms with Crippen LogP contribution in [-0.4, -0.2) is 41.9 Å². The van der Waals surface area contributed by atoms with E-state index >= 15 is 0 Å².